The quantitative estimate of drug-likeness (QED) is 0.389. The van der Waals surface area contributed by atoms with Crippen LogP contribution in [-0.4, -0.2) is 35.4 Å². The Kier molecular flexibility index (Phi) is 6.39. The number of ketones is 1. The lowest BCUT2D eigenvalue weighted by Gasteiger charge is -2.26. The van der Waals surface area contributed by atoms with Gasteiger partial charge in [-0.25, -0.2) is 0 Å². The van der Waals surface area contributed by atoms with E-state index in [9.17, 15) is 4.79 Å². The lowest BCUT2D eigenvalue weighted by atomic mass is 9.98. The molecule has 1 aliphatic rings. The SMILES string of the molecule is C=CC(=O)CO[Si](CCCc1cccc2c1Cc1ccccc1-2)(OC)OC. The summed E-state index contributed by atoms with van der Waals surface area (Å²) in [4.78, 5) is 11.5. The van der Waals surface area contributed by atoms with E-state index in [-0.39, 0.29) is 12.4 Å². The highest BCUT2D eigenvalue weighted by Gasteiger charge is 2.39. The molecule has 3 rings (SSSR count). The lowest BCUT2D eigenvalue weighted by Crippen LogP contribution is -2.45. The third kappa shape index (κ3) is 4.27. The van der Waals surface area contributed by atoms with Gasteiger partial charge in [-0.15, -0.1) is 0 Å². The van der Waals surface area contributed by atoms with Crippen molar-refractivity contribution in [3.05, 3.63) is 71.8 Å². The van der Waals surface area contributed by atoms with Crippen LogP contribution >= 0.6 is 0 Å². The molecule has 2 aromatic carbocycles. The molecule has 142 valence electrons. The fourth-order valence-electron chi connectivity index (χ4n) is 3.67. The number of aryl methyl sites for hydroxylation is 1. The zero-order chi connectivity index (χ0) is 19.3. The van der Waals surface area contributed by atoms with E-state index in [0.717, 1.165) is 19.3 Å². The fourth-order valence-corrected chi connectivity index (χ4v) is 5.60. The minimum atomic E-state index is -2.83. The summed E-state index contributed by atoms with van der Waals surface area (Å²) in [6.45, 7) is 3.42. The molecule has 0 saturated heterocycles. The number of carbonyl (C=O) groups excluding carboxylic acids is 1. The molecule has 0 fully saturated rings. The van der Waals surface area contributed by atoms with Gasteiger partial charge in [-0.2, -0.15) is 0 Å². The Bertz CT molecular complexity index is 827. The second-order valence-corrected chi connectivity index (χ2v) is 9.65. The van der Waals surface area contributed by atoms with E-state index in [4.69, 9.17) is 13.3 Å². The Morgan fingerprint density at radius 3 is 2.59 bits per heavy atom. The van der Waals surface area contributed by atoms with Crippen LogP contribution < -0.4 is 0 Å². The highest BCUT2D eigenvalue weighted by molar-refractivity contribution is 6.60. The lowest BCUT2D eigenvalue weighted by molar-refractivity contribution is -0.117. The summed E-state index contributed by atoms with van der Waals surface area (Å²) in [6, 6.07) is 15.8. The molecule has 4 nitrogen and oxygen atoms in total. The predicted octanol–water partition coefficient (Wildman–Crippen LogP) is 4.19. The summed E-state index contributed by atoms with van der Waals surface area (Å²) in [5.74, 6) is -0.167. The van der Waals surface area contributed by atoms with Crippen LogP contribution in [0.4, 0.5) is 0 Å². The van der Waals surface area contributed by atoms with Gasteiger partial charge in [0.1, 0.15) is 6.61 Å². The molecule has 0 aliphatic heterocycles. The first-order valence-electron chi connectivity index (χ1n) is 9.21. The molecule has 0 bridgehead atoms. The summed E-state index contributed by atoms with van der Waals surface area (Å²) in [7, 11) is 0.342. The topological polar surface area (TPSA) is 44.8 Å². The van der Waals surface area contributed by atoms with Crippen LogP contribution in [0.15, 0.2) is 55.1 Å². The first-order valence-corrected chi connectivity index (χ1v) is 11.1. The number of rotatable bonds is 10. The third-order valence-corrected chi connectivity index (χ3v) is 7.96. The molecular weight excluding hydrogens is 356 g/mol. The van der Waals surface area contributed by atoms with E-state index in [1.807, 2.05) is 0 Å². The van der Waals surface area contributed by atoms with Crippen LogP contribution in [-0.2, 0) is 30.9 Å². The molecule has 0 aromatic heterocycles. The number of benzene rings is 2. The second kappa shape index (κ2) is 8.76. The van der Waals surface area contributed by atoms with Crippen LogP contribution in [0.3, 0.4) is 0 Å². The van der Waals surface area contributed by atoms with Crippen molar-refractivity contribution in [2.45, 2.75) is 25.3 Å². The highest BCUT2D eigenvalue weighted by atomic mass is 28.4. The maximum atomic E-state index is 11.5. The molecule has 0 spiro atoms. The fraction of sp³-hybridized carbons (Fsp3) is 0.318. The number of fused-ring (bicyclic) bond motifs is 3. The van der Waals surface area contributed by atoms with E-state index >= 15 is 0 Å². The average molecular weight is 383 g/mol. The van der Waals surface area contributed by atoms with Gasteiger partial charge in [-0.05, 0) is 53.2 Å². The van der Waals surface area contributed by atoms with Crippen molar-refractivity contribution in [3.63, 3.8) is 0 Å². The molecule has 0 heterocycles. The van der Waals surface area contributed by atoms with Gasteiger partial charge in [0.25, 0.3) is 0 Å². The molecule has 0 saturated carbocycles. The Labute approximate surface area is 162 Å². The van der Waals surface area contributed by atoms with E-state index in [1.165, 1.54) is 33.9 Å². The Morgan fingerprint density at radius 1 is 1.11 bits per heavy atom. The van der Waals surface area contributed by atoms with Crippen LogP contribution in [0, 0.1) is 0 Å². The molecule has 0 N–H and O–H groups in total. The van der Waals surface area contributed by atoms with E-state index in [0.29, 0.717) is 6.04 Å². The molecule has 2 aromatic rings. The van der Waals surface area contributed by atoms with Gasteiger partial charge < -0.3 is 13.3 Å². The molecule has 0 radical (unpaired) electrons. The number of hydrogen-bond donors (Lipinski definition) is 0. The largest absolute Gasteiger partial charge is 0.500 e. The zero-order valence-electron chi connectivity index (χ0n) is 16.0. The highest BCUT2D eigenvalue weighted by Crippen LogP contribution is 2.38. The smallest absolute Gasteiger partial charge is 0.377 e. The van der Waals surface area contributed by atoms with E-state index in [2.05, 4.69) is 49.0 Å². The number of hydrogen-bond acceptors (Lipinski definition) is 4. The maximum Gasteiger partial charge on any atom is 0.500 e. The van der Waals surface area contributed by atoms with E-state index in [1.54, 1.807) is 14.2 Å². The van der Waals surface area contributed by atoms with Crippen molar-refractivity contribution in [2.24, 2.45) is 0 Å². The Hall–Kier alpha value is -2.05. The first-order chi connectivity index (χ1) is 13.1. The van der Waals surface area contributed by atoms with Crippen molar-refractivity contribution < 1.29 is 18.1 Å². The molecule has 27 heavy (non-hydrogen) atoms. The second-order valence-electron chi connectivity index (χ2n) is 6.68. The normalized spacial score (nSPS) is 12.5. The van der Waals surface area contributed by atoms with Gasteiger partial charge in [-0.1, -0.05) is 49.0 Å². The van der Waals surface area contributed by atoms with Gasteiger partial charge in [-0.3, -0.25) is 4.79 Å². The summed E-state index contributed by atoms with van der Waals surface area (Å²) in [6.07, 6.45) is 4.05. The van der Waals surface area contributed by atoms with Crippen molar-refractivity contribution in [2.75, 3.05) is 20.8 Å². The van der Waals surface area contributed by atoms with E-state index < -0.39 is 8.80 Å². The van der Waals surface area contributed by atoms with Gasteiger partial charge in [0.05, 0.1) is 0 Å². The third-order valence-electron chi connectivity index (χ3n) is 5.16. The van der Waals surface area contributed by atoms with Crippen LogP contribution in [0.2, 0.25) is 6.04 Å². The van der Waals surface area contributed by atoms with Crippen LogP contribution in [0.5, 0.6) is 0 Å². The van der Waals surface area contributed by atoms with Crippen molar-refractivity contribution >= 4 is 14.6 Å². The van der Waals surface area contributed by atoms with Gasteiger partial charge in [0.15, 0.2) is 5.78 Å². The maximum absolute atomic E-state index is 11.5. The van der Waals surface area contributed by atoms with Crippen LogP contribution in [0.25, 0.3) is 11.1 Å². The molecule has 0 amide bonds. The van der Waals surface area contributed by atoms with Gasteiger partial charge in [0, 0.05) is 20.3 Å². The molecule has 0 atom stereocenters. The summed E-state index contributed by atoms with van der Waals surface area (Å²) in [5, 5.41) is 0. The first kappa shape index (κ1) is 19.7. The van der Waals surface area contributed by atoms with Gasteiger partial charge >= 0.3 is 8.80 Å². The molecule has 0 unspecified atom stereocenters. The van der Waals surface area contributed by atoms with Crippen molar-refractivity contribution in [3.8, 4) is 11.1 Å². The average Bonchev–Trinajstić information content (AvgIpc) is 3.10. The van der Waals surface area contributed by atoms with Crippen molar-refractivity contribution in [1.82, 2.24) is 0 Å². The predicted molar refractivity (Wildman–Crippen MR) is 109 cm³/mol. The monoisotopic (exact) mass is 382 g/mol. The minimum Gasteiger partial charge on any atom is -0.377 e. The minimum absolute atomic E-state index is 0.0482. The standard InChI is InChI=1S/C22H26O4Si/c1-4-19(23)16-26-27(24-2,25-3)14-8-11-17-10-7-13-21-20-12-6-5-9-18(20)15-22(17)21/h4-7,9-10,12-13H,1,8,11,14-16H2,2-3H3. The summed E-state index contributed by atoms with van der Waals surface area (Å²) in [5.41, 5.74) is 6.87. The zero-order valence-corrected chi connectivity index (χ0v) is 17.0. The molecule has 1 aliphatic carbocycles. The summed E-state index contributed by atoms with van der Waals surface area (Å²) >= 11 is 0. The molecule has 5 heteroatoms. The van der Waals surface area contributed by atoms with Crippen LogP contribution in [0.1, 0.15) is 23.1 Å². The molecular formula is C22H26O4Si. The Balaban J connectivity index is 1.67. The summed E-state index contributed by atoms with van der Waals surface area (Å²) < 4.78 is 16.9. The van der Waals surface area contributed by atoms with Gasteiger partial charge in [0.2, 0.25) is 0 Å². The Morgan fingerprint density at radius 2 is 1.85 bits per heavy atom. The van der Waals surface area contributed by atoms with Crippen molar-refractivity contribution in [1.29, 1.82) is 0 Å². The number of carbonyl (C=O) groups is 1.